The lowest BCUT2D eigenvalue weighted by molar-refractivity contribution is 0.413. The summed E-state index contributed by atoms with van der Waals surface area (Å²) < 4.78 is 31.7. The number of hydrogen-bond acceptors (Lipinski definition) is 2. The van der Waals surface area contributed by atoms with Crippen LogP contribution in [0.4, 0.5) is 8.78 Å². The fourth-order valence-corrected chi connectivity index (χ4v) is 1.93. The molecule has 4 heteroatoms. The van der Waals surface area contributed by atoms with Crippen molar-refractivity contribution in [2.45, 2.75) is 12.5 Å². The second-order valence-corrected chi connectivity index (χ2v) is 4.32. The second-order valence-electron chi connectivity index (χ2n) is 4.32. The highest BCUT2D eigenvalue weighted by Crippen LogP contribution is 2.22. The summed E-state index contributed by atoms with van der Waals surface area (Å²) in [5, 5.41) is 0. The van der Waals surface area contributed by atoms with E-state index in [-0.39, 0.29) is 12.0 Å². The molecule has 0 aliphatic heterocycles. The van der Waals surface area contributed by atoms with Crippen LogP contribution in [0.1, 0.15) is 17.2 Å². The predicted molar refractivity (Wildman–Crippen MR) is 70.0 cm³/mol. The van der Waals surface area contributed by atoms with Gasteiger partial charge in [0, 0.05) is 6.04 Å². The minimum absolute atomic E-state index is 0.233. The quantitative estimate of drug-likeness (QED) is 0.919. The lowest BCUT2D eigenvalue weighted by Gasteiger charge is -2.13. The third kappa shape index (κ3) is 3.29. The molecule has 0 aromatic heterocycles. The van der Waals surface area contributed by atoms with E-state index in [2.05, 4.69) is 0 Å². The third-order valence-corrected chi connectivity index (χ3v) is 2.97. The molecule has 19 heavy (non-hydrogen) atoms. The first kappa shape index (κ1) is 13.5. The minimum atomic E-state index is -0.464. The summed E-state index contributed by atoms with van der Waals surface area (Å²) in [6.45, 7) is 0. The zero-order valence-electron chi connectivity index (χ0n) is 10.6. The molecule has 2 rings (SSSR count). The van der Waals surface area contributed by atoms with Gasteiger partial charge in [-0.2, -0.15) is 0 Å². The van der Waals surface area contributed by atoms with Crippen LogP contribution in [0.25, 0.3) is 0 Å². The Balaban J connectivity index is 2.20. The van der Waals surface area contributed by atoms with Gasteiger partial charge in [0.15, 0.2) is 0 Å². The molecule has 1 unspecified atom stereocenters. The molecule has 0 saturated carbocycles. The van der Waals surface area contributed by atoms with Crippen LogP contribution in [-0.4, -0.2) is 7.11 Å². The van der Waals surface area contributed by atoms with Crippen molar-refractivity contribution < 1.29 is 13.5 Å². The highest BCUT2D eigenvalue weighted by Gasteiger charge is 2.12. The molecule has 0 fully saturated rings. The van der Waals surface area contributed by atoms with Crippen LogP contribution in [0.15, 0.2) is 42.5 Å². The number of rotatable bonds is 4. The van der Waals surface area contributed by atoms with Gasteiger partial charge in [-0.15, -0.1) is 0 Å². The Morgan fingerprint density at radius 1 is 1.16 bits per heavy atom. The second kappa shape index (κ2) is 5.80. The van der Waals surface area contributed by atoms with Crippen molar-refractivity contribution in [2.75, 3.05) is 7.11 Å². The maximum atomic E-state index is 13.5. The highest BCUT2D eigenvalue weighted by molar-refractivity contribution is 5.32. The molecule has 2 nitrogen and oxygen atoms in total. The zero-order valence-corrected chi connectivity index (χ0v) is 10.6. The molecule has 0 heterocycles. The number of nitrogens with two attached hydrogens (primary N) is 1. The van der Waals surface area contributed by atoms with Gasteiger partial charge in [0.05, 0.1) is 7.11 Å². The van der Waals surface area contributed by atoms with E-state index >= 15 is 0 Å². The van der Waals surface area contributed by atoms with Crippen LogP contribution >= 0.6 is 0 Å². The van der Waals surface area contributed by atoms with Gasteiger partial charge in [-0.1, -0.05) is 12.1 Å². The van der Waals surface area contributed by atoms with Crippen LogP contribution < -0.4 is 10.5 Å². The average Bonchev–Trinajstić information content (AvgIpc) is 2.43. The number of ether oxygens (including phenoxy) is 1. The Morgan fingerprint density at radius 2 is 1.95 bits per heavy atom. The largest absolute Gasteiger partial charge is 0.497 e. The van der Waals surface area contributed by atoms with E-state index in [4.69, 9.17) is 10.5 Å². The first-order valence-corrected chi connectivity index (χ1v) is 5.93. The van der Waals surface area contributed by atoms with Crippen molar-refractivity contribution in [1.29, 1.82) is 0 Å². The number of hydrogen-bond donors (Lipinski definition) is 1. The maximum absolute atomic E-state index is 13.5. The van der Waals surface area contributed by atoms with E-state index in [1.165, 1.54) is 6.07 Å². The molecule has 0 saturated heterocycles. The van der Waals surface area contributed by atoms with E-state index in [0.29, 0.717) is 5.75 Å². The van der Waals surface area contributed by atoms with Gasteiger partial charge in [-0.05, 0) is 47.9 Å². The van der Waals surface area contributed by atoms with Crippen LogP contribution in [0, 0.1) is 11.6 Å². The molecule has 0 bridgehead atoms. The predicted octanol–water partition coefficient (Wildman–Crippen LogP) is 3.22. The summed E-state index contributed by atoms with van der Waals surface area (Å²) >= 11 is 0. The Kier molecular flexibility index (Phi) is 4.12. The van der Waals surface area contributed by atoms with Crippen LogP contribution in [0.2, 0.25) is 0 Å². The Bertz CT molecular complexity index is 572. The summed E-state index contributed by atoms with van der Waals surface area (Å²) in [5.41, 5.74) is 7.12. The van der Waals surface area contributed by atoms with Gasteiger partial charge in [-0.3, -0.25) is 0 Å². The van der Waals surface area contributed by atoms with E-state index in [1.54, 1.807) is 19.2 Å². The summed E-state index contributed by atoms with van der Waals surface area (Å²) in [4.78, 5) is 0. The smallest absolute Gasteiger partial charge is 0.126 e. The lowest BCUT2D eigenvalue weighted by Crippen LogP contribution is -2.14. The normalized spacial score (nSPS) is 12.2. The molecule has 1 atom stereocenters. The zero-order chi connectivity index (χ0) is 13.8. The molecule has 2 N–H and O–H groups in total. The van der Waals surface area contributed by atoms with Crippen LogP contribution in [-0.2, 0) is 6.42 Å². The SMILES string of the molecule is COc1cccc(C(N)Cc2cc(F)ccc2F)c1. The van der Waals surface area contributed by atoms with Crippen molar-refractivity contribution in [3.8, 4) is 5.75 Å². The summed E-state index contributed by atoms with van der Waals surface area (Å²) in [5.74, 6) is -0.221. The third-order valence-electron chi connectivity index (χ3n) is 2.97. The molecule has 0 spiro atoms. The van der Waals surface area contributed by atoms with Gasteiger partial charge in [0.2, 0.25) is 0 Å². The summed E-state index contributed by atoms with van der Waals surface area (Å²) in [7, 11) is 1.57. The minimum Gasteiger partial charge on any atom is -0.497 e. The van der Waals surface area contributed by atoms with E-state index in [9.17, 15) is 8.78 Å². The van der Waals surface area contributed by atoms with Crippen molar-refractivity contribution in [3.05, 3.63) is 65.2 Å². The summed E-state index contributed by atoms with van der Waals surface area (Å²) in [6, 6.07) is 10.2. The standard InChI is InChI=1S/C15H15F2NO/c1-19-13-4-2-3-10(8-13)15(18)9-11-7-12(16)5-6-14(11)17/h2-8,15H,9,18H2,1H3. The van der Waals surface area contributed by atoms with E-state index < -0.39 is 17.7 Å². The fourth-order valence-electron chi connectivity index (χ4n) is 1.93. The number of benzene rings is 2. The van der Waals surface area contributed by atoms with Crippen LogP contribution in [0.5, 0.6) is 5.75 Å². The van der Waals surface area contributed by atoms with Crippen molar-refractivity contribution in [3.63, 3.8) is 0 Å². The van der Waals surface area contributed by atoms with E-state index in [0.717, 1.165) is 17.7 Å². The van der Waals surface area contributed by atoms with Gasteiger partial charge < -0.3 is 10.5 Å². The van der Waals surface area contributed by atoms with Crippen molar-refractivity contribution in [2.24, 2.45) is 5.73 Å². The Labute approximate surface area is 110 Å². The lowest BCUT2D eigenvalue weighted by atomic mass is 9.99. The Hall–Kier alpha value is -1.94. The number of methoxy groups -OCH3 is 1. The Morgan fingerprint density at radius 3 is 2.68 bits per heavy atom. The van der Waals surface area contributed by atoms with Crippen molar-refractivity contribution >= 4 is 0 Å². The van der Waals surface area contributed by atoms with Crippen LogP contribution in [0.3, 0.4) is 0 Å². The molecular weight excluding hydrogens is 248 g/mol. The van der Waals surface area contributed by atoms with Gasteiger partial charge >= 0.3 is 0 Å². The monoisotopic (exact) mass is 263 g/mol. The molecule has 100 valence electrons. The van der Waals surface area contributed by atoms with Crippen molar-refractivity contribution in [1.82, 2.24) is 0 Å². The molecule has 0 aliphatic carbocycles. The van der Waals surface area contributed by atoms with Gasteiger partial charge in [0.1, 0.15) is 17.4 Å². The van der Waals surface area contributed by atoms with E-state index in [1.807, 2.05) is 12.1 Å². The molecule has 2 aromatic carbocycles. The highest BCUT2D eigenvalue weighted by atomic mass is 19.1. The number of halogens is 2. The first-order chi connectivity index (χ1) is 9.10. The van der Waals surface area contributed by atoms with Gasteiger partial charge in [-0.25, -0.2) is 8.78 Å². The van der Waals surface area contributed by atoms with Gasteiger partial charge in [0.25, 0.3) is 0 Å². The molecular formula is C15H15F2NO. The topological polar surface area (TPSA) is 35.2 Å². The maximum Gasteiger partial charge on any atom is 0.126 e. The average molecular weight is 263 g/mol. The molecule has 0 radical (unpaired) electrons. The molecule has 2 aromatic rings. The molecule has 0 aliphatic rings. The first-order valence-electron chi connectivity index (χ1n) is 5.93. The fraction of sp³-hybridized carbons (Fsp3) is 0.200. The summed E-state index contributed by atoms with van der Waals surface area (Å²) in [6.07, 6.45) is 0.233. The molecule has 0 amide bonds.